The molecule has 1 aliphatic heterocycles. The van der Waals surface area contributed by atoms with Crippen molar-refractivity contribution in [1.82, 2.24) is 20.5 Å². The van der Waals surface area contributed by atoms with E-state index in [1.165, 1.54) is 46.9 Å². The van der Waals surface area contributed by atoms with Crippen molar-refractivity contribution in [3.05, 3.63) is 51.5 Å². The maximum absolute atomic E-state index is 4.48. The minimum Gasteiger partial charge on any atom is -0.356 e. The number of likely N-dealkylation sites (tertiary alicyclic amines) is 1. The molecule has 5 nitrogen and oxygen atoms in total. The van der Waals surface area contributed by atoms with Crippen LogP contribution in [0.1, 0.15) is 40.8 Å². The Morgan fingerprint density at radius 2 is 1.93 bits per heavy atom. The summed E-state index contributed by atoms with van der Waals surface area (Å²) in [6.45, 7) is 9.60. The molecule has 1 aromatic carbocycles. The van der Waals surface area contributed by atoms with Crippen LogP contribution in [0.3, 0.4) is 0 Å². The normalized spacial score (nSPS) is 15.6. The zero-order valence-corrected chi connectivity index (χ0v) is 21.6. The van der Waals surface area contributed by atoms with Crippen molar-refractivity contribution in [2.24, 2.45) is 10.9 Å². The van der Waals surface area contributed by atoms with E-state index >= 15 is 0 Å². The minimum atomic E-state index is 0. The number of hydrogen-bond donors (Lipinski definition) is 2. The summed E-state index contributed by atoms with van der Waals surface area (Å²) in [5, 5.41) is 8.14. The summed E-state index contributed by atoms with van der Waals surface area (Å²) in [5.74, 6) is 1.62. The van der Waals surface area contributed by atoms with Crippen LogP contribution in [0.15, 0.2) is 35.5 Å². The lowest BCUT2D eigenvalue weighted by molar-refractivity contribution is 0.178. The van der Waals surface area contributed by atoms with E-state index in [1.54, 1.807) is 0 Å². The first-order valence-corrected chi connectivity index (χ1v) is 11.6. The summed E-state index contributed by atoms with van der Waals surface area (Å²) < 4.78 is 0. The molecule has 2 aromatic rings. The number of rotatable bonds is 8. The van der Waals surface area contributed by atoms with Crippen molar-refractivity contribution < 1.29 is 0 Å². The van der Waals surface area contributed by atoms with Crippen LogP contribution in [-0.4, -0.2) is 49.1 Å². The maximum Gasteiger partial charge on any atom is 0.190 e. The van der Waals surface area contributed by atoms with Crippen LogP contribution in [0.5, 0.6) is 0 Å². The van der Waals surface area contributed by atoms with Crippen LogP contribution < -0.4 is 10.6 Å². The molecular weight excluding hydrogens is 505 g/mol. The van der Waals surface area contributed by atoms with Gasteiger partial charge in [0, 0.05) is 44.2 Å². The molecular formula is C23H36IN5S. The fourth-order valence-corrected chi connectivity index (χ4v) is 4.54. The fraction of sp³-hybridized carbons (Fsp3) is 0.565. The Morgan fingerprint density at radius 3 is 2.57 bits per heavy atom. The second-order valence-corrected chi connectivity index (χ2v) is 9.11. The highest BCUT2D eigenvalue weighted by Crippen LogP contribution is 2.18. The van der Waals surface area contributed by atoms with Crippen LogP contribution in [0.2, 0.25) is 0 Å². The molecule has 3 rings (SSSR count). The molecule has 0 amide bonds. The van der Waals surface area contributed by atoms with Gasteiger partial charge >= 0.3 is 0 Å². The van der Waals surface area contributed by atoms with Gasteiger partial charge in [-0.3, -0.25) is 9.89 Å². The van der Waals surface area contributed by atoms with Gasteiger partial charge < -0.3 is 10.6 Å². The van der Waals surface area contributed by atoms with Crippen molar-refractivity contribution in [2.75, 3.05) is 33.2 Å². The number of aromatic nitrogens is 1. The van der Waals surface area contributed by atoms with Crippen LogP contribution in [-0.2, 0) is 19.4 Å². The Hall–Kier alpha value is -1.19. The molecule has 166 valence electrons. The molecule has 7 heteroatoms. The van der Waals surface area contributed by atoms with Crippen molar-refractivity contribution in [1.29, 1.82) is 0 Å². The molecule has 2 N–H and O–H groups in total. The second-order valence-electron chi connectivity index (χ2n) is 7.91. The second kappa shape index (κ2) is 13.3. The molecule has 0 radical (unpaired) electrons. The summed E-state index contributed by atoms with van der Waals surface area (Å²) in [4.78, 5) is 12.8. The van der Waals surface area contributed by atoms with E-state index in [2.05, 4.69) is 63.6 Å². The number of thiazole rings is 1. The van der Waals surface area contributed by atoms with Crippen LogP contribution in [0.4, 0.5) is 0 Å². The number of hydrogen-bond acceptors (Lipinski definition) is 4. The fourth-order valence-electron chi connectivity index (χ4n) is 3.68. The lowest BCUT2D eigenvalue weighted by Crippen LogP contribution is -2.43. The number of nitrogens with zero attached hydrogens (tertiary/aromatic N) is 3. The summed E-state index contributed by atoms with van der Waals surface area (Å²) in [6, 6.07) is 8.94. The number of piperidine rings is 1. The van der Waals surface area contributed by atoms with Gasteiger partial charge in [-0.2, -0.15) is 0 Å². The van der Waals surface area contributed by atoms with Gasteiger partial charge in [-0.1, -0.05) is 36.8 Å². The van der Waals surface area contributed by atoms with Gasteiger partial charge in [-0.15, -0.1) is 35.3 Å². The summed E-state index contributed by atoms with van der Waals surface area (Å²) >= 11 is 1.81. The topological polar surface area (TPSA) is 52.6 Å². The predicted octanol–water partition coefficient (Wildman–Crippen LogP) is 4.25. The molecule has 0 atom stereocenters. The molecule has 0 bridgehead atoms. The van der Waals surface area contributed by atoms with E-state index < -0.39 is 0 Å². The van der Waals surface area contributed by atoms with Gasteiger partial charge in [0.2, 0.25) is 0 Å². The number of guanidine groups is 1. The van der Waals surface area contributed by atoms with Gasteiger partial charge in [0.1, 0.15) is 0 Å². The highest BCUT2D eigenvalue weighted by atomic mass is 127. The number of halogens is 1. The van der Waals surface area contributed by atoms with E-state index in [4.69, 9.17) is 0 Å². The van der Waals surface area contributed by atoms with Gasteiger partial charge in [-0.05, 0) is 50.8 Å². The summed E-state index contributed by atoms with van der Waals surface area (Å²) in [7, 11) is 1.85. The molecule has 1 aliphatic rings. The summed E-state index contributed by atoms with van der Waals surface area (Å²) in [5.41, 5.74) is 2.75. The monoisotopic (exact) mass is 541 g/mol. The number of benzene rings is 1. The molecule has 0 saturated carbocycles. The van der Waals surface area contributed by atoms with Gasteiger partial charge in [-0.25, -0.2) is 4.98 Å². The molecule has 0 spiro atoms. The third kappa shape index (κ3) is 8.15. The third-order valence-corrected chi connectivity index (χ3v) is 6.80. The van der Waals surface area contributed by atoms with E-state index in [9.17, 15) is 0 Å². The lowest BCUT2D eigenvalue weighted by Gasteiger charge is -2.32. The van der Waals surface area contributed by atoms with Crippen molar-refractivity contribution in [3.8, 4) is 0 Å². The third-order valence-electron chi connectivity index (χ3n) is 5.60. The van der Waals surface area contributed by atoms with E-state index in [-0.39, 0.29) is 24.0 Å². The Kier molecular flexibility index (Phi) is 11.1. The van der Waals surface area contributed by atoms with Gasteiger partial charge in [0.15, 0.2) is 5.96 Å². The first kappa shape index (κ1) is 25.1. The first-order valence-electron chi connectivity index (χ1n) is 10.8. The highest BCUT2D eigenvalue weighted by molar-refractivity contribution is 14.0. The molecule has 1 fully saturated rings. The molecule has 0 aliphatic carbocycles. The Labute approximate surface area is 202 Å². The van der Waals surface area contributed by atoms with Crippen LogP contribution in [0.25, 0.3) is 0 Å². The highest BCUT2D eigenvalue weighted by Gasteiger charge is 2.19. The predicted molar refractivity (Wildman–Crippen MR) is 139 cm³/mol. The number of nitrogens with one attached hydrogen (secondary N) is 2. The molecule has 1 aromatic heterocycles. The van der Waals surface area contributed by atoms with Crippen molar-refractivity contribution in [3.63, 3.8) is 0 Å². The van der Waals surface area contributed by atoms with E-state index in [1.807, 2.05) is 24.6 Å². The van der Waals surface area contributed by atoms with E-state index in [0.29, 0.717) is 5.92 Å². The molecule has 2 heterocycles. The maximum atomic E-state index is 4.48. The SMILES string of the molecule is CCc1cnc(CCNC(=NC)NCC2CCN(Cc3ccc(C)cc3)CC2)s1.I. The molecule has 0 unspecified atom stereocenters. The zero-order chi connectivity index (χ0) is 20.5. The number of aryl methyl sites for hydroxylation is 2. The van der Waals surface area contributed by atoms with E-state index in [0.717, 1.165) is 38.4 Å². The Bertz CT molecular complexity index is 766. The Morgan fingerprint density at radius 1 is 1.20 bits per heavy atom. The van der Waals surface area contributed by atoms with Crippen molar-refractivity contribution in [2.45, 2.75) is 46.1 Å². The first-order chi connectivity index (χ1) is 14.2. The van der Waals surface area contributed by atoms with Gasteiger partial charge in [0.25, 0.3) is 0 Å². The van der Waals surface area contributed by atoms with Crippen molar-refractivity contribution >= 4 is 41.3 Å². The quantitative estimate of drug-likeness (QED) is 0.298. The zero-order valence-electron chi connectivity index (χ0n) is 18.5. The Balaban J connectivity index is 0.00000320. The minimum absolute atomic E-state index is 0. The molecule has 1 saturated heterocycles. The van der Waals surface area contributed by atoms with Crippen LogP contribution >= 0.6 is 35.3 Å². The van der Waals surface area contributed by atoms with Crippen LogP contribution in [0, 0.1) is 12.8 Å². The number of aliphatic imine (C=N–C) groups is 1. The average molecular weight is 542 g/mol. The standard InChI is InChI=1S/C23H35N5S.HI/c1-4-21-16-26-22(29-21)9-12-25-23(24-3)27-15-19-10-13-28(14-11-19)17-20-7-5-18(2)6-8-20;/h5-8,16,19H,4,9-15,17H2,1-3H3,(H2,24,25,27);1H. The molecule has 30 heavy (non-hydrogen) atoms. The average Bonchev–Trinajstić information content (AvgIpc) is 3.21. The largest absolute Gasteiger partial charge is 0.356 e. The lowest BCUT2D eigenvalue weighted by atomic mass is 9.96. The summed E-state index contributed by atoms with van der Waals surface area (Å²) in [6.07, 6.45) is 6.50. The van der Waals surface area contributed by atoms with Gasteiger partial charge in [0.05, 0.1) is 5.01 Å². The smallest absolute Gasteiger partial charge is 0.190 e.